The third-order valence-electron chi connectivity index (χ3n) is 4.52. The molecule has 1 fully saturated rings. The van der Waals surface area contributed by atoms with Crippen molar-refractivity contribution in [3.8, 4) is 5.75 Å². The van der Waals surface area contributed by atoms with E-state index < -0.39 is 5.60 Å². The van der Waals surface area contributed by atoms with Gasteiger partial charge in [-0.2, -0.15) is 0 Å². The second-order valence-electron chi connectivity index (χ2n) is 8.21. The topological polar surface area (TPSA) is 47.6 Å². The molecule has 0 radical (unpaired) electrons. The molecule has 0 saturated heterocycles. The van der Waals surface area contributed by atoms with Crippen molar-refractivity contribution >= 4 is 6.09 Å². The number of nitrogens with one attached hydrogen (secondary N) is 1. The molecule has 4 nitrogen and oxygen atoms in total. The third-order valence-corrected chi connectivity index (χ3v) is 4.52. The van der Waals surface area contributed by atoms with Crippen LogP contribution in [0.5, 0.6) is 5.75 Å². The van der Waals surface area contributed by atoms with Crippen molar-refractivity contribution in [2.75, 3.05) is 0 Å². The van der Waals surface area contributed by atoms with Crippen LogP contribution >= 0.6 is 0 Å². The number of carbonyl (C=O) groups is 1. The van der Waals surface area contributed by atoms with Crippen LogP contribution < -0.4 is 10.1 Å². The lowest BCUT2D eigenvalue weighted by Crippen LogP contribution is -2.41. The molecule has 1 saturated carbocycles. The summed E-state index contributed by atoms with van der Waals surface area (Å²) >= 11 is 0. The lowest BCUT2D eigenvalue weighted by atomic mass is 10.0. The Morgan fingerprint density at radius 2 is 1.70 bits per heavy atom. The van der Waals surface area contributed by atoms with Gasteiger partial charge < -0.3 is 14.8 Å². The summed E-state index contributed by atoms with van der Waals surface area (Å²) in [6, 6.07) is 18.4. The van der Waals surface area contributed by atoms with Gasteiger partial charge >= 0.3 is 6.09 Å². The molecule has 0 unspecified atom stereocenters. The van der Waals surface area contributed by atoms with E-state index in [1.807, 2.05) is 51.1 Å². The zero-order valence-corrected chi connectivity index (χ0v) is 16.4. The monoisotopic (exact) mass is 367 g/mol. The van der Waals surface area contributed by atoms with E-state index in [1.54, 1.807) is 0 Å². The van der Waals surface area contributed by atoms with Crippen LogP contribution in [0.15, 0.2) is 54.6 Å². The van der Waals surface area contributed by atoms with Crippen molar-refractivity contribution in [1.29, 1.82) is 0 Å². The van der Waals surface area contributed by atoms with Crippen LogP contribution in [0, 0.1) is 5.92 Å². The molecule has 1 N–H and O–H groups in total. The first kappa shape index (κ1) is 19.3. The van der Waals surface area contributed by atoms with Crippen molar-refractivity contribution in [3.05, 3.63) is 65.7 Å². The number of amides is 1. The highest BCUT2D eigenvalue weighted by Crippen LogP contribution is 2.34. The average molecular weight is 367 g/mol. The highest BCUT2D eigenvalue weighted by Gasteiger charge is 2.33. The maximum Gasteiger partial charge on any atom is 0.407 e. The molecule has 0 aliphatic heterocycles. The van der Waals surface area contributed by atoms with Gasteiger partial charge in [-0.1, -0.05) is 42.5 Å². The molecular weight excluding hydrogens is 338 g/mol. The molecular formula is C23H29NO3. The van der Waals surface area contributed by atoms with E-state index in [0.29, 0.717) is 12.5 Å². The quantitative estimate of drug-likeness (QED) is 0.739. The van der Waals surface area contributed by atoms with Gasteiger partial charge in [0.2, 0.25) is 0 Å². The highest BCUT2D eigenvalue weighted by molar-refractivity contribution is 5.68. The van der Waals surface area contributed by atoms with E-state index in [-0.39, 0.29) is 12.1 Å². The van der Waals surface area contributed by atoms with Crippen LogP contribution in [-0.2, 0) is 17.8 Å². The van der Waals surface area contributed by atoms with Crippen LogP contribution in [0.4, 0.5) is 4.79 Å². The average Bonchev–Trinajstić information content (AvgIpc) is 3.45. The Morgan fingerprint density at radius 3 is 2.30 bits per heavy atom. The lowest BCUT2D eigenvalue weighted by Gasteiger charge is -2.23. The number of ether oxygens (including phenoxy) is 2. The van der Waals surface area contributed by atoms with E-state index in [4.69, 9.17) is 9.47 Å². The van der Waals surface area contributed by atoms with Crippen molar-refractivity contribution in [2.45, 2.75) is 58.3 Å². The Morgan fingerprint density at radius 1 is 1.04 bits per heavy atom. The molecule has 27 heavy (non-hydrogen) atoms. The minimum Gasteiger partial charge on any atom is -0.489 e. The number of carbonyl (C=O) groups excluding carboxylic acids is 1. The maximum atomic E-state index is 12.1. The second kappa shape index (κ2) is 8.47. The van der Waals surface area contributed by atoms with Gasteiger partial charge in [0.15, 0.2) is 0 Å². The van der Waals surface area contributed by atoms with E-state index in [9.17, 15) is 4.79 Å². The summed E-state index contributed by atoms with van der Waals surface area (Å²) < 4.78 is 11.2. The number of rotatable bonds is 7. The first-order valence-electron chi connectivity index (χ1n) is 9.64. The minimum atomic E-state index is -0.476. The second-order valence-corrected chi connectivity index (χ2v) is 8.21. The molecule has 3 rings (SSSR count). The summed E-state index contributed by atoms with van der Waals surface area (Å²) in [6.07, 6.45) is 2.81. The van der Waals surface area contributed by atoms with E-state index >= 15 is 0 Å². The molecule has 2 aromatic rings. The molecule has 1 amide bonds. The predicted octanol–water partition coefficient (Wildman–Crippen LogP) is 5.11. The maximum absolute atomic E-state index is 12.1. The Labute approximate surface area is 161 Å². The fourth-order valence-electron chi connectivity index (χ4n) is 3.01. The standard InChI is InChI=1S/C23H29NO3/c1-23(2,3)27-22(25)24-21(19-11-12-19)15-17-9-13-20(14-10-17)26-16-18-7-5-4-6-8-18/h4-10,13-14,19,21H,11-12,15-16H2,1-3H3,(H,24,25)/t21-/m0/s1. The number of benzene rings is 2. The molecule has 0 bridgehead atoms. The summed E-state index contributed by atoms with van der Waals surface area (Å²) in [6.45, 7) is 6.21. The predicted molar refractivity (Wildman–Crippen MR) is 107 cm³/mol. The number of hydrogen-bond acceptors (Lipinski definition) is 3. The summed E-state index contributed by atoms with van der Waals surface area (Å²) in [4.78, 5) is 12.1. The first-order valence-corrected chi connectivity index (χ1v) is 9.64. The molecule has 0 heterocycles. The summed E-state index contributed by atoms with van der Waals surface area (Å²) in [5.74, 6) is 1.40. The third kappa shape index (κ3) is 6.63. The van der Waals surface area contributed by atoms with E-state index in [1.165, 1.54) is 18.4 Å². The summed E-state index contributed by atoms with van der Waals surface area (Å²) in [5.41, 5.74) is 1.86. The normalized spacial score (nSPS) is 15.1. The Balaban J connectivity index is 1.53. The molecule has 2 aromatic carbocycles. The fraction of sp³-hybridized carbons (Fsp3) is 0.435. The van der Waals surface area contributed by atoms with Crippen molar-refractivity contribution in [3.63, 3.8) is 0 Å². The van der Waals surface area contributed by atoms with Crippen LogP contribution in [0.2, 0.25) is 0 Å². The number of alkyl carbamates (subject to hydrolysis) is 1. The summed E-state index contributed by atoms with van der Waals surface area (Å²) in [5, 5.41) is 3.05. The fourth-order valence-corrected chi connectivity index (χ4v) is 3.01. The summed E-state index contributed by atoms with van der Waals surface area (Å²) in [7, 11) is 0. The molecule has 0 spiro atoms. The Bertz CT molecular complexity index is 730. The van der Waals surface area contributed by atoms with Gasteiger partial charge in [-0.15, -0.1) is 0 Å². The van der Waals surface area contributed by atoms with Gasteiger partial charge in [-0.05, 0) is 69.2 Å². The van der Waals surface area contributed by atoms with Gasteiger partial charge in [0.1, 0.15) is 18.0 Å². The molecule has 0 aromatic heterocycles. The first-order chi connectivity index (χ1) is 12.9. The van der Waals surface area contributed by atoms with Crippen LogP contribution in [0.3, 0.4) is 0 Å². The van der Waals surface area contributed by atoms with Gasteiger partial charge in [0.05, 0.1) is 0 Å². The largest absolute Gasteiger partial charge is 0.489 e. The van der Waals surface area contributed by atoms with Gasteiger partial charge in [-0.25, -0.2) is 4.79 Å². The minimum absolute atomic E-state index is 0.121. The van der Waals surface area contributed by atoms with E-state index in [0.717, 1.165) is 17.7 Å². The SMILES string of the molecule is CC(C)(C)OC(=O)N[C@@H](Cc1ccc(OCc2ccccc2)cc1)C1CC1. The van der Waals surface area contributed by atoms with E-state index in [2.05, 4.69) is 29.6 Å². The van der Waals surface area contributed by atoms with Crippen molar-refractivity contribution < 1.29 is 14.3 Å². The zero-order valence-electron chi connectivity index (χ0n) is 16.4. The smallest absolute Gasteiger partial charge is 0.407 e. The molecule has 144 valence electrons. The van der Waals surface area contributed by atoms with Crippen LogP contribution in [-0.4, -0.2) is 17.7 Å². The number of hydrogen-bond donors (Lipinski definition) is 1. The van der Waals surface area contributed by atoms with Crippen LogP contribution in [0.25, 0.3) is 0 Å². The Hall–Kier alpha value is -2.49. The van der Waals surface area contributed by atoms with Gasteiger partial charge in [-0.3, -0.25) is 0 Å². The molecule has 1 aliphatic rings. The van der Waals surface area contributed by atoms with Gasteiger partial charge in [0, 0.05) is 6.04 Å². The Kier molecular flexibility index (Phi) is 6.04. The van der Waals surface area contributed by atoms with Crippen LogP contribution in [0.1, 0.15) is 44.7 Å². The van der Waals surface area contributed by atoms with Gasteiger partial charge in [0.25, 0.3) is 0 Å². The molecule has 1 aliphatic carbocycles. The zero-order chi connectivity index (χ0) is 19.3. The van der Waals surface area contributed by atoms with Crippen molar-refractivity contribution in [2.24, 2.45) is 5.92 Å². The lowest BCUT2D eigenvalue weighted by molar-refractivity contribution is 0.0498. The molecule has 1 atom stereocenters. The van der Waals surface area contributed by atoms with Crippen molar-refractivity contribution in [1.82, 2.24) is 5.32 Å². The highest BCUT2D eigenvalue weighted by atomic mass is 16.6. The molecule has 4 heteroatoms.